The van der Waals surface area contributed by atoms with E-state index in [1.807, 2.05) is 12.4 Å². The third-order valence-electron chi connectivity index (χ3n) is 9.14. The monoisotopic (exact) mass is 534 g/mol. The van der Waals surface area contributed by atoms with Crippen LogP contribution >= 0.6 is 15.9 Å². The average Bonchev–Trinajstić information content (AvgIpc) is 3.57. The number of aromatic amines is 2. The van der Waals surface area contributed by atoms with Gasteiger partial charge in [-0.3, -0.25) is 0 Å². The van der Waals surface area contributed by atoms with Crippen molar-refractivity contribution >= 4 is 49.1 Å². The number of H-pyrrole nitrogens is 2. The van der Waals surface area contributed by atoms with Crippen LogP contribution in [-0.4, -0.2) is 35.1 Å². The third-order valence-corrected chi connectivity index (χ3v) is 9.77. The summed E-state index contributed by atoms with van der Waals surface area (Å²) in [6.07, 6.45) is 4.06. The maximum absolute atomic E-state index is 3.69. The second-order valence-electron chi connectivity index (χ2n) is 11.3. The first-order chi connectivity index (χ1) is 16.6. The average molecular weight is 536 g/mol. The highest BCUT2D eigenvalue weighted by molar-refractivity contribution is 9.10. The molecule has 35 heavy (non-hydrogen) atoms. The van der Waals surface area contributed by atoms with Gasteiger partial charge in [-0.2, -0.15) is 0 Å². The van der Waals surface area contributed by atoms with Crippen molar-refractivity contribution in [2.45, 2.75) is 78.3 Å². The molecule has 0 saturated carbocycles. The normalized spacial score (nSPS) is 21.9. The Morgan fingerprint density at radius 3 is 1.94 bits per heavy atom. The fourth-order valence-electron chi connectivity index (χ4n) is 6.40. The number of halogens is 1. The highest BCUT2D eigenvalue weighted by Crippen LogP contribution is 2.50. The minimum absolute atomic E-state index is 0.194. The van der Waals surface area contributed by atoms with E-state index in [0.717, 1.165) is 13.1 Å². The third kappa shape index (κ3) is 3.37. The van der Waals surface area contributed by atoms with Crippen LogP contribution in [0.3, 0.4) is 0 Å². The van der Waals surface area contributed by atoms with Gasteiger partial charge < -0.3 is 19.8 Å². The minimum Gasteiger partial charge on any atom is -0.367 e. The molecule has 2 aromatic carbocycles. The number of benzene rings is 2. The zero-order chi connectivity index (χ0) is 25.3. The Labute approximate surface area is 218 Å². The first kappa shape index (κ1) is 24.3. The molecule has 2 aliphatic heterocycles. The lowest BCUT2D eigenvalue weighted by Gasteiger charge is -2.30. The Kier molecular flexibility index (Phi) is 5.78. The van der Waals surface area contributed by atoms with Crippen LogP contribution in [0.25, 0.3) is 21.8 Å². The summed E-state index contributed by atoms with van der Waals surface area (Å²) in [5.41, 5.74) is 8.66. The molecular formula is C30H39BrN4. The van der Waals surface area contributed by atoms with E-state index in [1.165, 1.54) is 48.8 Å². The van der Waals surface area contributed by atoms with Crippen molar-refractivity contribution in [2.24, 2.45) is 0 Å². The number of nitrogens with zero attached hydrogens (tertiary/aromatic N) is 2. The van der Waals surface area contributed by atoms with Crippen LogP contribution < -0.4 is 9.80 Å². The summed E-state index contributed by atoms with van der Waals surface area (Å²) in [5, 5.41) is 2.69. The van der Waals surface area contributed by atoms with Gasteiger partial charge in [0.2, 0.25) is 0 Å². The molecule has 4 nitrogen and oxygen atoms in total. The van der Waals surface area contributed by atoms with Gasteiger partial charge in [-0.05, 0) is 79.0 Å². The Balaban J connectivity index is 0.000000145. The molecular weight excluding hydrogens is 496 g/mol. The Hall–Kier alpha value is -2.40. The first-order valence-electron chi connectivity index (χ1n) is 13.0. The number of nitrogens with one attached hydrogen (secondary N) is 2. The molecule has 0 radical (unpaired) electrons. The van der Waals surface area contributed by atoms with Crippen molar-refractivity contribution in [1.82, 2.24) is 9.97 Å². The molecule has 4 aromatic rings. The van der Waals surface area contributed by atoms with Gasteiger partial charge in [-0.1, -0.05) is 33.8 Å². The maximum Gasteiger partial charge on any atom is 0.0619 e. The van der Waals surface area contributed by atoms with Gasteiger partial charge in [0.25, 0.3) is 0 Å². The molecule has 2 aromatic heterocycles. The smallest absolute Gasteiger partial charge is 0.0619 e. The fourth-order valence-corrected chi connectivity index (χ4v) is 6.96. The molecule has 2 atom stereocenters. The molecule has 0 aliphatic carbocycles. The van der Waals surface area contributed by atoms with E-state index in [0.29, 0.717) is 12.1 Å². The number of likely N-dealkylation sites (N-methyl/N-ethyl adjacent to an activating group) is 2. The summed E-state index contributed by atoms with van der Waals surface area (Å²) < 4.78 is 1.17. The second kappa shape index (κ2) is 8.33. The predicted molar refractivity (Wildman–Crippen MR) is 155 cm³/mol. The van der Waals surface area contributed by atoms with Crippen LogP contribution in [0.5, 0.6) is 0 Å². The SMILES string of the molecule is CCN1c2c(cc(Br)c3[nH]ccc23)C(C)(C)C1C.CCN1c2c(ccc3[nH]ccc23)C(C)(C)C1C. The largest absolute Gasteiger partial charge is 0.367 e. The number of aromatic nitrogens is 2. The second-order valence-corrected chi connectivity index (χ2v) is 12.1. The van der Waals surface area contributed by atoms with Crippen LogP contribution in [0.15, 0.2) is 47.2 Å². The zero-order valence-electron chi connectivity index (χ0n) is 22.4. The van der Waals surface area contributed by atoms with E-state index in [1.54, 1.807) is 0 Å². The summed E-state index contributed by atoms with van der Waals surface area (Å²) in [5.74, 6) is 0. The first-order valence-corrected chi connectivity index (χ1v) is 13.8. The number of anilines is 2. The number of rotatable bonds is 2. The van der Waals surface area contributed by atoms with E-state index in [9.17, 15) is 0 Å². The predicted octanol–water partition coefficient (Wildman–Crippen LogP) is 8.11. The standard InChI is InChI=1S/C15H19BrN2.C15H20N2/c1-5-18-9(2)15(3,4)11-8-12(16)13-10(14(11)18)6-7-17-13;1-5-17-10(2)15(3,4)12-6-7-13-11(14(12)17)8-9-16-13/h6-9,17H,5H2,1-4H3;6-10,16H,5H2,1-4H3. The van der Waals surface area contributed by atoms with E-state index in [2.05, 4.69) is 121 Å². The molecule has 2 aliphatic rings. The van der Waals surface area contributed by atoms with Crippen molar-refractivity contribution in [3.8, 4) is 0 Å². The van der Waals surface area contributed by atoms with Crippen molar-refractivity contribution < 1.29 is 0 Å². The van der Waals surface area contributed by atoms with E-state index in [4.69, 9.17) is 0 Å². The van der Waals surface area contributed by atoms with Crippen molar-refractivity contribution in [3.63, 3.8) is 0 Å². The lowest BCUT2D eigenvalue weighted by Crippen LogP contribution is -2.38. The topological polar surface area (TPSA) is 38.1 Å². The summed E-state index contributed by atoms with van der Waals surface area (Å²) in [6.45, 7) is 20.7. The van der Waals surface area contributed by atoms with Gasteiger partial charge in [0.1, 0.15) is 0 Å². The zero-order valence-corrected chi connectivity index (χ0v) is 24.0. The Bertz CT molecular complexity index is 1390. The van der Waals surface area contributed by atoms with Gasteiger partial charge >= 0.3 is 0 Å². The highest BCUT2D eigenvalue weighted by atomic mass is 79.9. The van der Waals surface area contributed by atoms with Crippen molar-refractivity contribution in [1.29, 1.82) is 0 Å². The number of fused-ring (bicyclic) bond motifs is 6. The summed E-state index contributed by atoms with van der Waals surface area (Å²) >= 11 is 3.69. The van der Waals surface area contributed by atoms with Gasteiger partial charge in [-0.25, -0.2) is 0 Å². The number of hydrogen-bond donors (Lipinski definition) is 2. The van der Waals surface area contributed by atoms with Crippen LogP contribution in [-0.2, 0) is 10.8 Å². The molecule has 6 rings (SSSR count). The highest BCUT2D eigenvalue weighted by Gasteiger charge is 2.43. The van der Waals surface area contributed by atoms with Crippen molar-refractivity contribution in [2.75, 3.05) is 22.9 Å². The summed E-state index contributed by atoms with van der Waals surface area (Å²) in [7, 11) is 0. The maximum atomic E-state index is 3.69. The Morgan fingerprint density at radius 1 is 0.771 bits per heavy atom. The van der Waals surface area contributed by atoms with Gasteiger partial charge in [0.05, 0.1) is 16.9 Å². The molecule has 0 amide bonds. The molecule has 0 fully saturated rings. The molecule has 0 saturated heterocycles. The van der Waals surface area contributed by atoms with Crippen LogP contribution in [0.4, 0.5) is 11.4 Å². The van der Waals surface area contributed by atoms with E-state index >= 15 is 0 Å². The lowest BCUT2D eigenvalue weighted by molar-refractivity contribution is 0.445. The van der Waals surface area contributed by atoms with Gasteiger partial charge in [0.15, 0.2) is 0 Å². The van der Waals surface area contributed by atoms with Crippen LogP contribution in [0.1, 0.15) is 66.5 Å². The van der Waals surface area contributed by atoms with Gasteiger partial charge in [0, 0.05) is 69.2 Å². The molecule has 186 valence electrons. The molecule has 0 spiro atoms. The molecule has 2 unspecified atom stereocenters. The van der Waals surface area contributed by atoms with Crippen LogP contribution in [0, 0.1) is 0 Å². The van der Waals surface area contributed by atoms with Gasteiger partial charge in [-0.15, -0.1) is 0 Å². The quantitative estimate of drug-likeness (QED) is 0.272. The molecule has 5 heteroatoms. The van der Waals surface area contributed by atoms with E-state index in [-0.39, 0.29) is 10.8 Å². The van der Waals surface area contributed by atoms with E-state index < -0.39 is 0 Å². The fraction of sp³-hybridized carbons (Fsp3) is 0.467. The van der Waals surface area contributed by atoms with Crippen LogP contribution in [0.2, 0.25) is 0 Å². The molecule has 4 heterocycles. The Morgan fingerprint density at radius 2 is 1.31 bits per heavy atom. The number of hydrogen-bond acceptors (Lipinski definition) is 2. The van der Waals surface area contributed by atoms with Crippen molar-refractivity contribution in [3.05, 3.63) is 58.3 Å². The molecule has 2 N–H and O–H groups in total. The summed E-state index contributed by atoms with van der Waals surface area (Å²) in [4.78, 5) is 11.7. The minimum atomic E-state index is 0.194. The summed E-state index contributed by atoms with van der Waals surface area (Å²) in [6, 6.07) is 12.3. The lowest BCUT2D eigenvalue weighted by atomic mass is 9.81. The molecule has 0 bridgehead atoms.